The second-order valence-corrected chi connectivity index (χ2v) is 3.03. The van der Waals surface area contributed by atoms with Crippen LogP contribution in [-0.4, -0.2) is 36.8 Å². The molecule has 1 unspecified atom stereocenters. The summed E-state index contributed by atoms with van der Waals surface area (Å²) in [6.07, 6.45) is 1.47. The van der Waals surface area contributed by atoms with Gasteiger partial charge in [0.05, 0.1) is 19.9 Å². The number of H-pyrrole nitrogens is 1. The summed E-state index contributed by atoms with van der Waals surface area (Å²) in [5.74, 6) is 0.457. The number of aromatic nitrogens is 2. The van der Waals surface area contributed by atoms with Crippen molar-refractivity contribution < 1.29 is 14.3 Å². The van der Waals surface area contributed by atoms with Gasteiger partial charge in [-0.15, -0.1) is 0 Å². The number of nitrogens with zero attached hydrogens (tertiary/aromatic N) is 1. The molecule has 0 aromatic carbocycles. The molecule has 1 atom stereocenters. The van der Waals surface area contributed by atoms with Crippen LogP contribution in [0.2, 0.25) is 0 Å². The molecule has 0 aliphatic rings. The fourth-order valence-electron chi connectivity index (χ4n) is 1.13. The summed E-state index contributed by atoms with van der Waals surface area (Å²) in [4.78, 5) is 18.0. The zero-order chi connectivity index (χ0) is 10.6. The van der Waals surface area contributed by atoms with Gasteiger partial charge in [-0.3, -0.25) is 0 Å². The summed E-state index contributed by atoms with van der Waals surface area (Å²) >= 11 is 0. The van der Waals surface area contributed by atoms with Crippen molar-refractivity contribution in [1.82, 2.24) is 9.97 Å². The molecule has 14 heavy (non-hydrogen) atoms. The van der Waals surface area contributed by atoms with E-state index in [4.69, 9.17) is 4.74 Å². The molecule has 0 radical (unpaired) electrons. The van der Waals surface area contributed by atoms with Gasteiger partial charge in [0.2, 0.25) is 0 Å². The Kier molecular flexibility index (Phi) is 3.64. The molecule has 1 N–H and O–H groups in total. The standard InChI is InChI=1S/C9H14N2O3/c1-6(5-13-2)8-10-4-7(11-8)9(12)14-3/h4,6H,5H2,1-3H3,(H,10,11). The number of carbonyl (C=O) groups is 1. The van der Waals surface area contributed by atoms with Gasteiger partial charge in [0.1, 0.15) is 11.5 Å². The molecule has 0 aliphatic heterocycles. The molecule has 0 bridgehead atoms. The summed E-state index contributed by atoms with van der Waals surface area (Å²) < 4.78 is 9.53. The van der Waals surface area contributed by atoms with Crippen LogP contribution in [-0.2, 0) is 9.47 Å². The van der Waals surface area contributed by atoms with Gasteiger partial charge in [0.25, 0.3) is 0 Å². The van der Waals surface area contributed by atoms with E-state index >= 15 is 0 Å². The predicted octanol–water partition coefficient (Wildman–Crippen LogP) is 0.946. The van der Waals surface area contributed by atoms with Gasteiger partial charge in [-0.25, -0.2) is 9.78 Å². The van der Waals surface area contributed by atoms with Crippen molar-refractivity contribution in [2.75, 3.05) is 20.8 Å². The largest absolute Gasteiger partial charge is 0.464 e. The quantitative estimate of drug-likeness (QED) is 0.731. The Labute approximate surface area is 82.4 Å². The lowest BCUT2D eigenvalue weighted by atomic mass is 10.2. The van der Waals surface area contributed by atoms with E-state index in [1.807, 2.05) is 6.92 Å². The number of nitrogens with one attached hydrogen (secondary N) is 1. The van der Waals surface area contributed by atoms with Gasteiger partial charge in [0, 0.05) is 13.0 Å². The lowest BCUT2D eigenvalue weighted by Gasteiger charge is -2.05. The van der Waals surface area contributed by atoms with Crippen LogP contribution in [0.25, 0.3) is 0 Å². The minimum absolute atomic E-state index is 0.137. The Morgan fingerprint density at radius 3 is 2.93 bits per heavy atom. The highest BCUT2D eigenvalue weighted by molar-refractivity contribution is 5.86. The highest BCUT2D eigenvalue weighted by Crippen LogP contribution is 2.11. The number of esters is 1. The highest BCUT2D eigenvalue weighted by atomic mass is 16.5. The van der Waals surface area contributed by atoms with E-state index in [-0.39, 0.29) is 5.92 Å². The van der Waals surface area contributed by atoms with Crippen molar-refractivity contribution in [1.29, 1.82) is 0 Å². The Bertz CT molecular complexity index is 309. The maximum Gasteiger partial charge on any atom is 0.356 e. The number of hydrogen-bond acceptors (Lipinski definition) is 4. The van der Waals surface area contributed by atoms with Crippen LogP contribution in [0.5, 0.6) is 0 Å². The number of ether oxygens (including phenoxy) is 2. The zero-order valence-corrected chi connectivity index (χ0v) is 8.53. The van der Waals surface area contributed by atoms with E-state index in [2.05, 4.69) is 14.7 Å². The summed E-state index contributed by atoms with van der Waals surface area (Å²) in [7, 11) is 2.96. The second-order valence-electron chi connectivity index (χ2n) is 3.03. The van der Waals surface area contributed by atoms with E-state index in [1.165, 1.54) is 13.3 Å². The van der Waals surface area contributed by atoms with Gasteiger partial charge >= 0.3 is 5.97 Å². The van der Waals surface area contributed by atoms with Crippen molar-refractivity contribution in [3.05, 3.63) is 17.7 Å². The van der Waals surface area contributed by atoms with E-state index in [0.717, 1.165) is 5.82 Å². The molecule has 78 valence electrons. The number of carbonyl (C=O) groups excluding carboxylic acids is 1. The van der Waals surface area contributed by atoms with Gasteiger partial charge in [-0.1, -0.05) is 6.92 Å². The lowest BCUT2D eigenvalue weighted by Crippen LogP contribution is -2.05. The molecule has 0 spiro atoms. The van der Waals surface area contributed by atoms with Crippen LogP contribution in [0.15, 0.2) is 6.20 Å². The smallest absolute Gasteiger partial charge is 0.356 e. The number of methoxy groups -OCH3 is 2. The Hall–Kier alpha value is -1.36. The second kappa shape index (κ2) is 4.76. The molecule has 1 heterocycles. The maximum absolute atomic E-state index is 11.1. The normalized spacial score (nSPS) is 12.5. The van der Waals surface area contributed by atoms with E-state index < -0.39 is 5.97 Å². The molecule has 0 fully saturated rings. The summed E-state index contributed by atoms with van der Waals surface area (Å²) in [6, 6.07) is 0. The van der Waals surface area contributed by atoms with Gasteiger partial charge in [-0.05, 0) is 0 Å². The zero-order valence-electron chi connectivity index (χ0n) is 8.53. The van der Waals surface area contributed by atoms with Crippen molar-refractivity contribution in [2.45, 2.75) is 12.8 Å². The Morgan fingerprint density at radius 2 is 2.36 bits per heavy atom. The third-order valence-electron chi connectivity index (χ3n) is 1.88. The van der Waals surface area contributed by atoms with Gasteiger partial charge in [-0.2, -0.15) is 0 Å². The summed E-state index contributed by atoms with van der Waals surface area (Å²) in [5.41, 5.74) is 0.366. The average molecular weight is 198 g/mol. The van der Waals surface area contributed by atoms with E-state index in [0.29, 0.717) is 12.3 Å². The first-order valence-electron chi connectivity index (χ1n) is 4.31. The van der Waals surface area contributed by atoms with Gasteiger partial charge in [0.15, 0.2) is 0 Å². The first-order chi connectivity index (χ1) is 6.69. The van der Waals surface area contributed by atoms with Crippen molar-refractivity contribution >= 4 is 5.97 Å². The Morgan fingerprint density at radius 1 is 1.64 bits per heavy atom. The van der Waals surface area contributed by atoms with Crippen molar-refractivity contribution in [3.8, 4) is 0 Å². The third kappa shape index (κ3) is 2.32. The van der Waals surface area contributed by atoms with Crippen LogP contribution in [0, 0.1) is 0 Å². The molecule has 0 amide bonds. The summed E-state index contributed by atoms with van der Waals surface area (Å²) in [6.45, 7) is 2.53. The molecule has 0 saturated carbocycles. The molecule has 1 aromatic heterocycles. The summed E-state index contributed by atoms with van der Waals surface area (Å²) in [5, 5.41) is 0. The average Bonchev–Trinajstić information content (AvgIpc) is 2.66. The first kappa shape index (κ1) is 10.7. The SMILES string of the molecule is COCC(C)c1ncc(C(=O)OC)[nH]1. The molecule has 5 nitrogen and oxygen atoms in total. The van der Waals surface area contributed by atoms with Crippen LogP contribution >= 0.6 is 0 Å². The number of imidazole rings is 1. The van der Waals surface area contributed by atoms with Crippen molar-refractivity contribution in [2.24, 2.45) is 0 Å². The molecule has 0 aliphatic carbocycles. The number of rotatable bonds is 4. The van der Waals surface area contributed by atoms with E-state index in [1.54, 1.807) is 7.11 Å². The van der Waals surface area contributed by atoms with Crippen LogP contribution < -0.4 is 0 Å². The maximum atomic E-state index is 11.1. The molecule has 5 heteroatoms. The monoisotopic (exact) mass is 198 g/mol. The van der Waals surface area contributed by atoms with E-state index in [9.17, 15) is 4.79 Å². The van der Waals surface area contributed by atoms with Crippen LogP contribution in [0.4, 0.5) is 0 Å². The number of aromatic amines is 1. The Balaban J connectivity index is 2.72. The molecular formula is C9H14N2O3. The fraction of sp³-hybridized carbons (Fsp3) is 0.556. The van der Waals surface area contributed by atoms with Crippen LogP contribution in [0.3, 0.4) is 0 Å². The minimum atomic E-state index is -0.409. The highest BCUT2D eigenvalue weighted by Gasteiger charge is 2.13. The minimum Gasteiger partial charge on any atom is -0.464 e. The van der Waals surface area contributed by atoms with Gasteiger partial charge < -0.3 is 14.5 Å². The molecular weight excluding hydrogens is 184 g/mol. The topological polar surface area (TPSA) is 64.2 Å². The molecule has 1 rings (SSSR count). The van der Waals surface area contributed by atoms with Crippen LogP contribution in [0.1, 0.15) is 29.2 Å². The number of hydrogen-bond donors (Lipinski definition) is 1. The lowest BCUT2D eigenvalue weighted by molar-refractivity contribution is 0.0594. The van der Waals surface area contributed by atoms with Crippen molar-refractivity contribution in [3.63, 3.8) is 0 Å². The molecule has 1 aromatic rings. The first-order valence-corrected chi connectivity index (χ1v) is 4.31. The third-order valence-corrected chi connectivity index (χ3v) is 1.88. The fourth-order valence-corrected chi connectivity index (χ4v) is 1.13. The predicted molar refractivity (Wildman–Crippen MR) is 50.2 cm³/mol. The molecule has 0 saturated heterocycles.